The number of aromatic nitrogens is 4. The molecule has 12 nitrogen and oxygen atoms in total. The van der Waals surface area contributed by atoms with Crippen LogP contribution in [-0.2, 0) is 16.1 Å². The number of rotatable bonds is 6. The summed E-state index contributed by atoms with van der Waals surface area (Å²) in [5.74, 6) is -1.35. The topological polar surface area (TPSA) is 190 Å². The van der Waals surface area contributed by atoms with Crippen LogP contribution < -0.4 is 21.7 Å². The van der Waals surface area contributed by atoms with E-state index < -0.39 is 18.4 Å². The van der Waals surface area contributed by atoms with Crippen LogP contribution in [0.3, 0.4) is 0 Å². The zero-order valence-electron chi connectivity index (χ0n) is 18.9. The third-order valence-electron chi connectivity index (χ3n) is 3.87. The molecule has 3 rings (SSSR count). The molecule has 0 atom stereocenters. The molecule has 176 valence electrons. The van der Waals surface area contributed by atoms with Gasteiger partial charge < -0.3 is 31.6 Å². The third-order valence-corrected chi connectivity index (χ3v) is 3.87. The second kappa shape index (κ2) is 13.1. The predicted octanol–water partition coefficient (Wildman–Crippen LogP) is 1.27. The molecule has 1 amide bonds. The summed E-state index contributed by atoms with van der Waals surface area (Å²) in [6, 6.07) is 6.73. The molecule has 2 aromatic heterocycles. The van der Waals surface area contributed by atoms with Crippen LogP contribution in [0.25, 0.3) is 11.2 Å². The highest BCUT2D eigenvalue weighted by atomic mass is 16.5. The quantitative estimate of drug-likeness (QED) is 0.305. The molecule has 1 aromatic carbocycles. The maximum Gasteiger partial charge on any atom is 0.322 e. The van der Waals surface area contributed by atoms with E-state index in [1.165, 1.54) is 6.92 Å². The van der Waals surface area contributed by atoms with Crippen molar-refractivity contribution in [3.05, 3.63) is 41.7 Å². The number of carbonyl (C=O) groups excluding carboxylic acids is 2. The molecule has 0 spiro atoms. The Kier molecular flexibility index (Phi) is 10.6. The Labute approximate surface area is 191 Å². The normalized spacial score (nSPS) is 9.58. The van der Waals surface area contributed by atoms with Gasteiger partial charge in [0.25, 0.3) is 5.91 Å². The van der Waals surface area contributed by atoms with E-state index in [-0.39, 0.29) is 11.8 Å². The molecule has 3 aromatic rings. The molecular formula is C21H28N8O4. The standard InChI is InChI=1S/C17H18N8O3.C2H4O.C2H6/c1-25(11-4-2-9(3-5-11)16(28)21-7-12(26)27)8-10-6-20-15-13(22-10)14(18)23-17(19)24-15;1-2-3;1-2/h2-6H,7-8H2,1H3,(H,21,28)(H,26,27)(H4,18,19,20,23,24);2H,1H3;1-2H3/i7+1,12+1;2+1;1+1,2+1. The highest BCUT2D eigenvalue weighted by molar-refractivity contribution is 5.96. The number of nitrogens with zero attached hydrogens (tertiary/aromatic N) is 5. The van der Waals surface area contributed by atoms with Gasteiger partial charge in [-0.3, -0.25) is 9.59 Å². The van der Waals surface area contributed by atoms with Gasteiger partial charge in [0.05, 0.1) is 18.4 Å². The predicted molar refractivity (Wildman–Crippen MR) is 126 cm³/mol. The maximum atomic E-state index is 11.9. The van der Waals surface area contributed by atoms with Gasteiger partial charge in [-0.25, -0.2) is 9.97 Å². The van der Waals surface area contributed by atoms with Crippen molar-refractivity contribution >= 4 is 46.8 Å². The minimum Gasteiger partial charge on any atom is -0.480 e. The van der Waals surface area contributed by atoms with Crippen LogP contribution >= 0.6 is 0 Å². The van der Waals surface area contributed by atoms with E-state index in [0.717, 1.165) is 12.0 Å². The smallest absolute Gasteiger partial charge is 0.322 e. The molecule has 2 heterocycles. The lowest BCUT2D eigenvalue weighted by molar-refractivity contribution is -0.135. The summed E-state index contributed by atoms with van der Waals surface area (Å²) in [5.41, 5.74) is 13.9. The Hall–Kier alpha value is -4.35. The Morgan fingerprint density at radius 2 is 1.73 bits per heavy atom. The van der Waals surface area contributed by atoms with Gasteiger partial charge >= 0.3 is 5.97 Å². The second-order valence-electron chi connectivity index (χ2n) is 6.22. The van der Waals surface area contributed by atoms with E-state index in [2.05, 4.69) is 25.3 Å². The molecule has 0 bridgehead atoms. The second-order valence-corrected chi connectivity index (χ2v) is 6.22. The van der Waals surface area contributed by atoms with Crippen LogP contribution in [0.1, 0.15) is 36.8 Å². The lowest BCUT2D eigenvalue weighted by Gasteiger charge is -2.19. The number of nitrogens with two attached hydrogens (primary N) is 2. The highest BCUT2D eigenvalue weighted by Gasteiger charge is 2.11. The van der Waals surface area contributed by atoms with Crippen LogP contribution in [0, 0.1) is 0 Å². The third kappa shape index (κ3) is 8.01. The average molecular weight is 461 g/mol. The summed E-state index contributed by atoms with van der Waals surface area (Å²) in [6.07, 6.45) is 2.33. The van der Waals surface area contributed by atoms with Crippen LogP contribution in [0.5, 0.6) is 0 Å². The molecule has 0 saturated heterocycles. The largest absolute Gasteiger partial charge is 0.480 e. The Balaban J connectivity index is 0.00000101. The fourth-order valence-electron chi connectivity index (χ4n) is 2.52. The van der Waals surface area contributed by atoms with Crippen molar-refractivity contribution in [3.63, 3.8) is 0 Å². The number of anilines is 3. The van der Waals surface area contributed by atoms with E-state index in [4.69, 9.17) is 21.4 Å². The molecule has 0 aliphatic carbocycles. The van der Waals surface area contributed by atoms with Gasteiger partial charge in [-0.1, -0.05) is 13.8 Å². The van der Waals surface area contributed by atoms with Gasteiger partial charge in [0.15, 0.2) is 17.0 Å². The van der Waals surface area contributed by atoms with Crippen molar-refractivity contribution < 1.29 is 19.5 Å². The average Bonchev–Trinajstić information content (AvgIpc) is 2.79. The summed E-state index contributed by atoms with van der Waals surface area (Å²) in [4.78, 5) is 49.6. The highest BCUT2D eigenvalue weighted by Crippen LogP contribution is 2.18. The monoisotopic (exact) mass is 461 g/mol. The molecular weight excluding hydrogens is 433 g/mol. The number of aldehydes is 1. The fraction of sp³-hybridized carbons (Fsp3) is 0.286. The first-order valence-electron chi connectivity index (χ1n) is 10.0. The van der Waals surface area contributed by atoms with Crippen LogP contribution in [0.15, 0.2) is 30.5 Å². The van der Waals surface area contributed by atoms with E-state index in [0.29, 0.717) is 29.0 Å². The Morgan fingerprint density at radius 1 is 1.12 bits per heavy atom. The number of hydrogen-bond donors (Lipinski definition) is 4. The first-order valence-corrected chi connectivity index (χ1v) is 10.0. The van der Waals surface area contributed by atoms with Crippen LogP contribution in [0.2, 0.25) is 0 Å². The Morgan fingerprint density at radius 3 is 2.30 bits per heavy atom. The van der Waals surface area contributed by atoms with Crippen LogP contribution in [-0.4, -0.2) is 56.8 Å². The summed E-state index contributed by atoms with van der Waals surface area (Å²) in [5, 5.41) is 10.9. The number of carboxylic acids is 1. The van der Waals surface area contributed by atoms with Crippen LogP contribution in [0.4, 0.5) is 17.5 Å². The van der Waals surface area contributed by atoms with Crippen molar-refractivity contribution in [3.8, 4) is 0 Å². The number of carbonyl (C=O) groups is 3. The summed E-state index contributed by atoms with van der Waals surface area (Å²) < 4.78 is 0. The van der Waals surface area contributed by atoms with Gasteiger partial charge in [0.2, 0.25) is 5.95 Å². The lowest BCUT2D eigenvalue weighted by Crippen LogP contribution is -2.29. The molecule has 0 aliphatic heterocycles. The molecule has 0 aliphatic rings. The first-order chi connectivity index (χ1) is 15.7. The van der Waals surface area contributed by atoms with E-state index in [1.807, 2.05) is 25.8 Å². The van der Waals surface area contributed by atoms with Gasteiger partial charge in [-0.15, -0.1) is 0 Å². The molecule has 0 fully saturated rings. The fourth-order valence-corrected chi connectivity index (χ4v) is 2.52. The zero-order chi connectivity index (χ0) is 25.0. The van der Waals surface area contributed by atoms with Crippen molar-refractivity contribution in [2.75, 3.05) is 30.0 Å². The van der Waals surface area contributed by atoms with Gasteiger partial charge in [0, 0.05) is 18.3 Å². The number of nitrogens with one attached hydrogen (secondary N) is 1. The number of hydrogen-bond acceptors (Lipinski definition) is 10. The zero-order valence-corrected chi connectivity index (χ0v) is 18.9. The number of carboxylic acid groups (broad SMARTS) is 1. The first kappa shape index (κ1) is 26.7. The van der Waals surface area contributed by atoms with Gasteiger partial charge in [-0.05, 0) is 31.2 Å². The van der Waals surface area contributed by atoms with Crippen molar-refractivity contribution in [1.82, 2.24) is 25.3 Å². The molecule has 33 heavy (non-hydrogen) atoms. The number of benzene rings is 1. The lowest BCUT2D eigenvalue weighted by atomic mass is 10.2. The van der Waals surface area contributed by atoms with E-state index in [1.54, 1.807) is 30.5 Å². The summed E-state index contributed by atoms with van der Waals surface area (Å²) in [7, 11) is 1.86. The Bertz CT molecular complexity index is 1090. The number of aliphatic carboxylic acids is 1. The maximum absolute atomic E-state index is 11.9. The molecule has 6 N–H and O–H groups in total. The molecule has 0 saturated carbocycles. The number of fused-ring (bicyclic) bond motifs is 1. The van der Waals surface area contributed by atoms with E-state index in [9.17, 15) is 9.59 Å². The number of nitrogen functional groups attached to an aromatic ring is 2. The van der Waals surface area contributed by atoms with E-state index >= 15 is 0 Å². The minimum atomic E-state index is -1.10. The van der Waals surface area contributed by atoms with Gasteiger partial charge in [0.1, 0.15) is 12.8 Å². The van der Waals surface area contributed by atoms with Crippen molar-refractivity contribution in [2.24, 2.45) is 0 Å². The molecule has 0 unspecified atom stereocenters. The minimum absolute atomic E-state index is 0.0386. The molecule has 0 radical (unpaired) electrons. The summed E-state index contributed by atoms with van der Waals surface area (Å²) in [6.45, 7) is 5.44. The van der Waals surface area contributed by atoms with Crippen molar-refractivity contribution in [1.29, 1.82) is 0 Å². The molecule has 12 heteroatoms. The van der Waals surface area contributed by atoms with Gasteiger partial charge in [-0.2, -0.15) is 9.97 Å². The SMILES string of the molecule is CN(Cc1cnc2nc(N)nc(N)c2n1)c1ccc(C(=O)N[13CH2][13C](=O)O)cc1.C[13CH]=O.[13CH3][13CH3]. The summed E-state index contributed by atoms with van der Waals surface area (Å²) >= 11 is 0. The van der Waals surface area contributed by atoms with Crippen molar-refractivity contribution in [2.45, 2.75) is 27.3 Å². The number of amides is 1.